The summed E-state index contributed by atoms with van der Waals surface area (Å²) in [7, 11) is 0. The van der Waals surface area contributed by atoms with Gasteiger partial charge in [0.1, 0.15) is 22.4 Å². The van der Waals surface area contributed by atoms with E-state index in [1.165, 1.54) is 18.2 Å². The number of carbonyl (C=O) groups is 2. The topological polar surface area (TPSA) is 88.1 Å². The second-order valence-corrected chi connectivity index (χ2v) is 11.7. The van der Waals surface area contributed by atoms with Crippen LogP contribution >= 0.6 is 39.3 Å². The highest BCUT2D eigenvalue weighted by Crippen LogP contribution is 2.41. The van der Waals surface area contributed by atoms with Crippen molar-refractivity contribution in [3.63, 3.8) is 0 Å². The Hall–Kier alpha value is -2.75. The second-order valence-electron chi connectivity index (χ2n) is 9.57. The fourth-order valence-corrected chi connectivity index (χ4v) is 6.26. The van der Waals surface area contributed by atoms with Crippen LogP contribution in [0, 0.1) is 0 Å². The van der Waals surface area contributed by atoms with Gasteiger partial charge < -0.3 is 16.0 Å². The Morgan fingerprint density at radius 1 is 1.11 bits per heavy atom. The molecule has 1 unspecified atom stereocenters. The third kappa shape index (κ3) is 5.51. The molecule has 1 saturated carbocycles. The lowest BCUT2D eigenvalue weighted by atomic mass is 9.94. The molecule has 10 heteroatoms. The van der Waals surface area contributed by atoms with Gasteiger partial charge in [0.05, 0.1) is 5.57 Å². The van der Waals surface area contributed by atoms with Gasteiger partial charge in [0, 0.05) is 26.9 Å². The molecule has 1 aliphatic heterocycles. The lowest BCUT2D eigenvalue weighted by Gasteiger charge is -2.30. The number of anilines is 2. The molecule has 2 aromatic carbocycles. The van der Waals surface area contributed by atoms with E-state index < -0.39 is 6.04 Å². The molecule has 1 atom stereocenters. The summed E-state index contributed by atoms with van der Waals surface area (Å²) in [5, 5.41) is 15.7. The third-order valence-electron chi connectivity index (χ3n) is 6.98. The van der Waals surface area contributed by atoms with Crippen LogP contribution in [0.4, 0.5) is 11.5 Å². The summed E-state index contributed by atoms with van der Waals surface area (Å²) in [5.74, 6) is 0.195. The number of benzene rings is 2. The number of hydrogen-bond donors (Lipinski definition) is 3. The Morgan fingerprint density at radius 3 is 2.53 bits per heavy atom. The van der Waals surface area contributed by atoms with E-state index in [-0.39, 0.29) is 17.9 Å². The van der Waals surface area contributed by atoms with Gasteiger partial charge in [-0.05, 0) is 68.0 Å². The summed E-state index contributed by atoms with van der Waals surface area (Å²) in [6.45, 7) is 1.86. The fraction of sp³-hybridized carbons (Fsp3) is 0.321. The van der Waals surface area contributed by atoms with Gasteiger partial charge in [-0.2, -0.15) is 5.10 Å². The van der Waals surface area contributed by atoms with Gasteiger partial charge in [-0.15, -0.1) is 11.8 Å². The van der Waals surface area contributed by atoms with Gasteiger partial charge in [0.2, 0.25) is 0 Å². The molecule has 2 heterocycles. The van der Waals surface area contributed by atoms with E-state index >= 15 is 0 Å². The van der Waals surface area contributed by atoms with Gasteiger partial charge in [0.25, 0.3) is 11.8 Å². The van der Waals surface area contributed by atoms with Crippen molar-refractivity contribution in [2.75, 3.05) is 16.9 Å². The van der Waals surface area contributed by atoms with Crippen LogP contribution < -0.4 is 16.0 Å². The van der Waals surface area contributed by atoms with Crippen molar-refractivity contribution >= 4 is 62.6 Å². The summed E-state index contributed by atoms with van der Waals surface area (Å²) < 4.78 is 2.66. The minimum Gasteiger partial charge on any atom is -0.349 e. The first-order chi connectivity index (χ1) is 18.4. The van der Waals surface area contributed by atoms with Gasteiger partial charge in [-0.1, -0.05) is 58.9 Å². The maximum Gasteiger partial charge on any atom is 0.258 e. The largest absolute Gasteiger partial charge is 0.349 e. The monoisotopic (exact) mass is 613 g/mol. The van der Waals surface area contributed by atoms with E-state index in [1.807, 2.05) is 37.4 Å². The van der Waals surface area contributed by atoms with Gasteiger partial charge in [-0.25, -0.2) is 4.68 Å². The maximum atomic E-state index is 13.7. The molecule has 0 bridgehead atoms. The molecule has 0 radical (unpaired) electrons. The van der Waals surface area contributed by atoms with Crippen molar-refractivity contribution in [2.24, 2.45) is 0 Å². The normalized spacial score (nSPS) is 17.5. The number of nitrogens with one attached hydrogen (secondary N) is 3. The number of carbonyl (C=O) groups excluding carboxylic acids is 2. The zero-order valence-electron chi connectivity index (χ0n) is 21.2. The van der Waals surface area contributed by atoms with Crippen LogP contribution in [0.2, 0.25) is 5.02 Å². The number of allylic oxidation sites excluding steroid dienone is 1. The van der Waals surface area contributed by atoms with Crippen LogP contribution in [-0.4, -0.2) is 33.9 Å². The average Bonchev–Trinajstić information content (AvgIpc) is 3.28. The zero-order chi connectivity index (χ0) is 26.8. The van der Waals surface area contributed by atoms with Crippen molar-refractivity contribution in [1.29, 1.82) is 0 Å². The highest BCUT2D eigenvalue weighted by atomic mass is 79.9. The summed E-state index contributed by atoms with van der Waals surface area (Å²) in [4.78, 5) is 27.3. The number of hydrogen-bond acceptors (Lipinski definition) is 5. The Balaban J connectivity index is 1.57. The predicted molar refractivity (Wildman–Crippen MR) is 157 cm³/mol. The number of fused-ring (bicyclic) bond motifs is 1. The Bertz CT molecular complexity index is 1400. The first kappa shape index (κ1) is 26.8. The quantitative estimate of drug-likeness (QED) is 0.260. The molecule has 1 aliphatic carbocycles. The van der Waals surface area contributed by atoms with Crippen LogP contribution in [0.25, 0.3) is 0 Å². The van der Waals surface area contributed by atoms with Gasteiger partial charge in [0.15, 0.2) is 0 Å². The van der Waals surface area contributed by atoms with Crippen molar-refractivity contribution in [1.82, 2.24) is 15.1 Å². The summed E-state index contributed by atoms with van der Waals surface area (Å²) in [5.41, 5.74) is 3.20. The van der Waals surface area contributed by atoms with Crippen molar-refractivity contribution in [3.05, 3.63) is 80.4 Å². The first-order valence-corrected chi connectivity index (χ1v) is 15.0. The molecule has 38 heavy (non-hydrogen) atoms. The average molecular weight is 615 g/mol. The van der Waals surface area contributed by atoms with E-state index in [1.54, 1.807) is 28.9 Å². The number of thioether (sulfide) groups is 1. The molecule has 1 aromatic heterocycles. The molecule has 1 fully saturated rings. The molecule has 7 nitrogen and oxygen atoms in total. The Morgan fingerprint density at radius 2 is 1.84 bits per heavy atom. The molecule has 5 rings (SSSR count). The minimum absolute atomic E-state index is 0.134. The summed E-state index contributed by atoms with van der Waals surface area (Å²) >= 11 is 11.0. The lowest BCUT2D eigenvalue weighted by molar-refractivity contribution is -0.113. The lowest BCUT2D eigenvalue weighted by Crippen LogP contribution is -2.37. The second kappa shape index (κ2) is 11.6. The Kier molecular flexibility index (Phi) is 8.16. The van der Waals surface area contributed by atoms with Crippen LogP contribution in [0.3, 0.4) is 0 Å². The SMILES string of the molecule is CSc1nn2c(c1C(=O)NC1CCCCC1)NC(C)=C(C(=O)Nc1ccc(Cl)cc1)C2c1cccc(Br)c1. The number of halogens is 2. The number of aromatic nitrogens is 2. The molecule has 2 aliphatic rings. The van der Waals surface area contributed by atoms with Crippen LogP contribution in [0.1, 0.15) is 61.0 Å². The molecular weight excluding hydrogens is 586 g/mol. The van der Waals surface area contributed by atoms with Crippen LogP contribution in [0.5, 0.6) is 0 Å². The Labute approximate surface area is 239 Å². The molecule has 2 amide bonds. The first-order valence-electron chi connectivity index (χ1n) is 12.6. The molecular formula is C28H29BrClN5O2S. The zero-order valence-corrected chi connectivity index (χ0v) is 24.3. The summed E-state index contributed by atoms with van der Waals surface area (Å²) in [6, 6.07) is 14.4. The summed E-state index contributed by atoms with van der Waals surface area (Å²) in [6.07, 6.45) is 7.37. The van der Waals surface area contributed by atoms with E-state index in [0.717, 1.165) is 35.7 Å². The third-order valence-corrected chi connectivity index (χ3v) is 8.40. The molecule has 0 spiro atoms. The fourth-order valence-electron chi connectivity index (χ4n) is 5.16. The predicted octanol–water partition coefficient (Wildman–Crippen LogP) is 7.01. The number of nitrogens with zero attached hydrogens (tertiary/aromatic N) is 2. The highest BCUT2D eigenvalue weighted by Gasteiger charge is 2.37. The van der Waals surface area contributed by atoms with Crippen molar-refractivity contribution < 1.29 is 9.59 Å². The molecule has 3 aromatic rings. The van der Waals surface area contributed by atoms with Gasteiger partial charge >= 0.3 is 0 Å². The van der Waals surface area contributed by atoms with Crippen LogP contribution in [-0.2, 0) is 4.79 Å². The van der Waals surface area contributed by atoms with E-state index in [9.17, 15) is 9.59 Å². The maximum absolute atomic E-state index is 13.7. The number of amides is 2. The van der Waals surface area contributed by atoms with Crippen LogP contribution in [0.15, 0.2) is 69.3 Å². The van der Waals surface area contributed by atoms with Crippen molar-refractivity contribution in [2.45, 2.75) is 56.1 Å². The standard InChI is InChI=1S/C28H29BrClN5O2S/c1-16-22(26(36)33-21-13-11-19(30)12-14-21)24(17-7-6-8-18(29)15-17)35-25(31-16)23(28(34-35)38-2)27(37)32-20-9-4-3-5-10-20/h6-8,11-15,20,24,31H,3-5,9-10H2,1-2H3,(H,32,37)(H,33,36). The molecule has 0 saturated heterocycles. The molecule has 198 valence electrons. The minimum atomic E-state index is -0.543. The van der Waals surface area contributed by atoms with E-state index in [4.69, 9.17) is 16.7 Å². The smallest absolute Gasteiger partial charge is 0.258 e. The van der Waals surface area contributed by atoms with Crippen molar-refractivity contribution in [3.8, 4) is 0 Å². The molecule has 3 N–H and O–H groups in total. The number of rotatable bonds is 6. The van der Waals surface area contributed by atoms with Gasteiger partial charge in [-0.3, -0.25) is 9.59 Å². The van der Waals surface area contributed by atoms with E-state index in [0.29, 0.717) is 38.4 Å². The van der Waals surface area contributed by atoms with E-state index in [2.05, 4.69) is 31.9 Å². The highest BCUT2D eigenvalue weighted by molar-refractivity contribution is 9.10.